The smallest absolute Gasteiger partial charge is 0.133 e. The summed E-state index contributed by atoms with van der Waals surface area (Å²) in [7, 11) is 1.05. The van der Waals surface area contributed by atoms with Gasteiger partial charge in [-0.05, 0) is 62.1 Å². The van der Waals surface area contributed by atoms with E-state index in [9.17, 15) is 9.13 Å². The molecule has 2 atom stereocenters. The number of hydrogen-bond acceptors (Lipinski definition) is 6. The molecule has 0 N–H and O–H groups in total. The molecule has 210 valence electrons. The highest BCUT2D eigenvalue weighted by Gasteiger charge is 2.29. The predicted molar refractivity (Wildman–Crippen MR) is 166 cm³/mol. The van der Waals surface area contributed by atoms with Crippen molar-refractivity contribution >= 4 is 36.8 Å². The molecule has 0 radical (unpaired) electrons. The normalized spacial score (nSPS) is 12.5. The lowest BCUT2D eigenvalue weighted by Gasteiger charge is -2.23. The molecule has 40 heavy (non-hydrogen) atoms. The number of ether oxygens (including phenoxy) is 4. The van der Waals surface area contributed by atoms with Crippen LogP contribution in [0.3, 0.4) is 0 Å². The summed E-state index contributed by atoms with van der Waals surface area (Å²) < 4.78 is 52.1. The molecule has 0 fully saturated rings. The SMILES string of the molecule is COc1cc(OC)c(-c2c(OC)cc(OC)cc2[PH](=O)c2c(C)cccc2C)c([PH](=O)c2c(C)cccc2C)c1. The molecule has 0 heterocycles. The Hall–Kier alpha value is -3.46. The fourth-order valence-corrected chi connectivity index (χ4v) is 9.03. The average molecular weight is 579 g/mol. The van der Waals surface area contributed by atoms with Gasteiger partial charge in [0.05, 0.1) is 28.4 Å². The monoisotopic (exact) mass is 578 g/mol. The van der Waals surface area contributed by atoms with Crippen LogP contribution >= 0.6 is 15.6 Å². The van der Waals surface area contributed by atoms with Crippen molar-refractivity contribution in [3.63, 3.8) is 0 Å². The standard InChI is InChI=1S/C32H36O6P2/c1-19-11-9-12-20(2)31(19)39(33)27-17-23(35-5)15-25(37-7)29(27)30-26(38-8)16-24(36-6)18-28(30)40(34)32-21(3)13-10-14-22(32)4/h9-18,39-40H,1-8H3. The first-order valence-electron chi connectivity index (χ1n) is 12.9. The van der Waals surface area contributed by atoms with E-state index in [0.717, 1.165) is 32.9 Å². The van der Waals surface area contributed by atoms with Crippen LogP contribution < -0.4 is 40.2 Å². The molecule has 0 aliphatic rings. The summed E-state index contributed by atoms with van der Waals surface area (Å²) in [6.45, 7) is 7.84. The third-order valence-corrected chi connectivity index (χ3v) is 11.5. The number of hydrogen-bond donors (Lipinski definition) is 0. The Kier molecular flexibility index (Phi) is 9.13. The molecule has 0 aliphatic heterocycles. The molecule has 4 aromatic rings. The largest absolute Gasteiger partial charge is 0.497 e. The van der Waals surface area contributed by atoms with Crippen molar-refractivity contribution in [3.05, 3.63) is 82.9 Å². The van der Waals surface area contributed by atoms with Gasteiger partial charge in [-0.25, -0.2) is 0 Å². The van der Waals surface area contributed by atoms with E-state index in [0.29, 0.717) is 44.7 Å². The van der Waals surface area contributed by atoms with Crippen LogP contribution in [0.5, 0.6) is 23.0 Å². The molecular formula is C32H36O6P2. The Bertz CT molecular complexity index is 1470. The van der Waals surface area contributed by atoms with Crippen LogP contribution in [0, 0.1) is 27.7 Å². The van der Waals surface area contributed by atoms with Crippen molar-refractivity contribution in [1.82, 2.24) is 0 Å². The maximum Gasteiger partial charge on any atom is 0.133 e. The molecule has 4 rings (SSSR count). The van der Waals surface area contributed by atoms with Gasteiger partial charge in [0.1, 0.15) is 38.6 Å². The van der Waals surface area contributed by atoms with Crippen molar-refractivity contribution in [2.45, 2.75) is 27.7 Å². The second-order valence-electron chi connectivity index (χ2n) is 9.70. The van der Waals surface area contributed by atoms with Crippen LogP contribution in [-0.2, 0) is 9.13 Å². The van der Waals surface area contributed by atoms with Gasteiger partial charge in [0.25, 0.3) is 0 Å². The third-order valence-electron chi connectivity index (χ3n) is 7.22. The van der Waals surface area contributed by atoms with Gasteiger partial charge in [-0.2, -0.15) is 0 Å². The summed E-state index contributed by atoms with van der Waals surface area (Å²) in [5.41, 5.74) is 4.86. The molecule has 2 unspecified atom stereocenters. The number of benzene rings is 4. The van der Waals surface area contributed by atoms with Crippen LogP contribution in [0.4, 0.5) is 0 Å². The van der Waals surface area contributed by atoms with E-state index in [4.69, 9.17) is 18.9 Å². The van der Waals surface area contributed by atoms with Crippen LogP contribution in [0.2, 0.25) is 0 Å². The van der Waals surface area contributed by atoms with Crippen molar-refractivity contribution < 1.29 is 28.1 Å². The Balaban J connectivity index is 2.15. The topological polar surface area (TPSA) is 71.1 Å². The molecule has 0 spiro atoms. The lowest BCUT2D eigenvalue weighted by molar-refractivity contribution is 0.392. The predicted octanol–water partition coefficient (Wildman–Crippen LogP) is 5.64. The summed E-state index contributed by atoms with van der Waals surface area (Å²) in [6, 6.07) is 18.8. The van der Waals surface area contributed by atoms with Crippen LogP contribution in [0.15, 0.2) is 60.7 Å². The fraction of sp³-hybridized carbons (Fsp3) is 0.250. The van der Waals surface area contributed by atoms with Crippen molar-refractivity contribution in [2.75, 3.05) is 28.4 Å². The first kappa shape index (κ1) is 29.5. The number of methoxy groups -OCH3 is 4. The molecule has 0 saturated heterocycles. The summed E-state index contributed by atoms with van der Waals surface area (Å²) in [5.74, 6) is 1.91. The quantitative estimate of drug-likeness (QED) is 0.240. The summed E-state index contributed by atoms with van der Waals surface area (Å²) in [4.78, 5) is 0. The van der Waals surface area contributed by atoms with E-state index in [-0.39, 0.29) is 0 Å². The summed E-state index contributed by atoms with van der Waals surface area (Å²) in [5, 5.41) is 2.64. The maximum atomic E-state index is 14.5. The minimum absolute atomic E-state index is 0.444. The van der Waals surface area contributed by atoms with Gasteiger partial charge in [0.2, 0.25) is 0 Å². The van der Waals surface area contributed by atoms with Gasteiger partial charge < -0.3 is 28.1 Å². The molecule has 0 aliphatic carbocycles. The lowest BCUT2D eigenvalue weighted by atomic mass is 10.0. The van der Waals surface area contributed by atoms with E-state index in [1.807, 2.05) is 64.1 Å². The van der Waals surface area contributed by atoms with Gasteiger partial charge in [-0.1, -0.05) is 36.4 Å². The minimum Gasteiger partial charge on any atom is -0.497 e. The fourth-order valence-electron chi connectivity index (χ4n) is 5.23. The number of rotatable bonds is 9. The molecule has 8 heteroatoms. The Labute approximate surface area is 237 Å². The molecule has 0 aromatic heterocycles. The summed E-state index contributed by atoms with van der Waals surface area (Å²) >= 11 is 0. The number of aryl methyl sites for hydroxylation is 4. The molecule has 0 saturated carbocycles. The second-order valence-corrected chi connectivity index (χ2v) is 13.1. The first-order chi connectivity index (χ1) is 19.2. The highest BCUT2D eigenvalue weighted by Crippen LogP contribution is 2.45. The maximum absolute atomic E-state index is 14.5. The molecule has 6 nitrogen and oxygen atoms in total. The zero-order valence-electron chi connectivity index (χ0n) is 24.2. The molecule has 4 aromatic carbocycles. The van der Waals surface area contributed by atoms with Gasteiger partial charge in [0, 0.05) is 44.5 Å². The van der Waals surface area contributed by atoms with Crippen LogP contribution in [0.25, 0.3) is 11.1 Å². The van der Waals surface area contributed by atoms with E-state index < -0.39 is 15.6 Å². The van der Waals surface area contributed by atoms with E-state index in [1.165, 1.54) is 0 Å². The van der Waals surface area contributed by atoms with Crippen molar-refractivity contribution in [2.24, 2.45) is 0 Å². The minimum atomic E-state index is -2.60. The lowest BCUT2D eigenvalue weighted by Crippen LogP contribution is -2.20. The van der Waals surface area contributed by atoms with Gasteiger partial charge in [-0.15, -0.1) is 0 Å². The Morgan fingerprint density at radius 1 is 0.500 bits per heavy atom. The van der Waals surface area contributed by atoms with Crippen molar-refractivity contribution in [1.29, 1.82) is 0 Å². The second kappa shape index (κ2) is 12.4. The van der Waals surface area contributed by atoms with Gasteiger partial charge >= 0.3 is 0 Å². The average Bonchev–Trinajstić information content (AvgIpc) is 2.95. The van der Waals surface area contributed by atoms with Gasteiger partial charge in [-0.3, -0.25) is 0 Å². The van der Waals surface area contributed by atoms with E-state index in [1.54, 1.807) is 52.7 Å². The zero-order chi connectivity index (χ0) is 29.1. The Morgan fingerprint density at radius 3 is 1.10 bits per heavy atom. The Morgan fingerprint density at radius 2 is 0.825 bits per heavy atom. The third kappa shape index (κ3) is 5.44. The van der Waals surface area contributed by atoms with Crippen LogP contribution in [0.1, 0.15) is 22.3 Å². The highest BCUT2D eigenvalue weighted by atomic mass is 31.1. The highest BCUT2D eigenvalue weighted by molar-refractivity contribution is 7.63. The first-order valence-corrected chi connectivity index (χ1v) is 15.7. The van der Waals surface area contributed by atoms with Crippen molar-refractivity contribution in [3.8, 4) is 34.1 Å². The zero-order valence-corrected chi connectivity index (χ0v) is 26.2. The molecular weight excluding hydrogens is 542 g/mol. The van der Waals surface area contributed by atoms with E-state index >= 15 is 0 Å². The molecule has 0 amide bonds. The molecule has 0 bridgehead atoms. The van der Waals surface area contributed by atoms with E-state index in [2.05, 4.69) is 0 Å². The van der Waals surface area contributed by atoms with Gasteiger partial charge in [0.15, 0.2) is 0 Å². The summed E-state index contributed by atoms with van der Waals surface area (Å²) in [6.07, 6.45) is 0. The van der Waals surface area contributed by atoms with Crippen LogP contribution in [-0.4, -0.2) is 28.4 Å².